The van der Waals surface area contributed by atoms with Gasteiger partial charge < -0.3 is 15.8 Å². The Kier molecular flexibility index (Phi) is 2.33. The van der Waals surface area contributed by atoms with Gasteiger partial charge in [-0.1, -0.05) is 6.08 Å². The van der Waals surface area contributed by atoms with Crippen LogP contribution in [-0.2, 0) is 11.2 Å². The maximum atomic E-state index is 11.2. The van der Waals surface area contributed by atoms with E-state index in [1.165, 1.54) is 0 Å². The molecular formula is C11H12N2O2. The number of allylic oxidation sites excluding steroid dienone is 1. The summed E-state index contributed by atoms with van der Waals surface area (Å²) in [5.74, 6) is 0.513. The first-order valence-electron chi connectivity index (χ1n) is 4.67. The molecule has 0 aliphatic carbocycles. The number of amides is 1. The number of anilines is 2. The van der Waals surface area contributed by atoms with Crippen LogP contribution in [0.2, 0.25) is 0 Å². The number of nitrogens with one attached hydrogen (secondary N) is 1. The molecule has 15 heavy (non-hydrogen) atoms. The number of benzene rings is 1. The Balaban J connectivity index is 2.51. The molecule has 0 bridgehead atoms. The summed E-state index contributed by atoms with van der Waals surface area (Å²) < 4.78 is 5.28. The van der Waals surface area contributed by atoms with Crippen molar-refractivity contribution >= 4 is 17.3 Å². The number of hydrogen-bond acceptors (Lipinski definition) is 3. The third kappa shape index (κ3) is 1.66. The summed E-state index contributed by atoms with van der Waals surface area (Å²) in [7, 11) is 0. The van der Waals surface area contributed by atoms with Crippen molar-refractivity contribution in [2.24, 2.45) is 0 Å². The first-order chi connectivity index (χ1) is 7.22. The molecule has 1 aliphatic rings. The lowest BCUT2D eigenvalue weighted by Gasteiger charge is -2.21. The highest BCUT2D eigenvalue weighted by Gasteiger charge is 2.19. The smallest absolute Gasteiger partial charge is 0.262 e. The zero-order valence-electron chi connectivity index (χ0n) is 8.25. The van der Waals surface area contributed by atoms with Gasteiger partial charge in [0.05, 0.1) is 5.69 Å². The van der Waals surface area contributed by atoms with Crippen molar-refractivity contribution in [1.82, 2.24) is 0 Å². The van der Waals surface area contributed by atoms with Crippen molar-refractivity contribution in [2.45, 2.75) is 6.42 Å². The summed E-state index contributed by atoms with van der Waals surface area (Å²) in [6, 6.07) is 3.53. The molecule has 0 saturated carbocycles. The molecule has 0 unspecified atom stereocenters. The topological polar surface area (TPSA) is 64.3 Å². The molecule has 0 atom stereocenters. The van der Waals surface area contributed by atoms with Gasteiger partial charge in [-0.15, -0.1) is 6.58 Å². The van der Waals surface area contributed by atoms with E-state index < -0.39 is 0 Å². The summed E-state index contributed by atoms with van der Waals surface area (Å²) in [6.07, 6.45) is 2.35. The third-order valence-corrected chi connectivity index (χ3v) is 2.28. The number of hydrogen-bond donors (Lipinski definition) is 2. The zero-order valence-corrected chi connectivity index (χ0v) is 8.25. The fourth-order valence-corrected chi connectivity index (χ4v) is 1.58. The average Bonchev–Trinajstić information content (AvgIpc) is 2.23. The van der Waals surface area contributed by atoms with Crippen LogP contribution >= 0.6 is 0 Å². The molecule has 0 radical (unpaired) electrons. The molecule has 78 valence electrons. The Morgan fingerprint density at radius 2 is 2.40 bits per heavy atom. The Labute approximate surface area is 87.7 Å². The number of carbonyl (C=O) groups is 1. The normalized spacial score (nSPS) is 13.7. The van der Waals surface area contributed by atoms with Crippen molar-refractivity contribution < 1.29 is 9.53 Å². The van der Waals surface area contributed by atoms with Crippen LogP contribution < -0.4 is 15.8 Å². The predicted molar refractivity (Wildman–Crippen MR) is 58.9 cm³/mol. The molecule has 4 nitrogen and oxygen atoms in total. The van der Waals surface area contributed by atoms with Gasteiger partial charge in [0.1, 0.15) is 5.75 Å². The minimum Gasteiger partial charge on any atom is -0.482 e. The lowest BCUT2D eigenvalue weighted by molar-refractivity contribution is -0.118. The molecule has 1 heterocycles. The van der Waals surface area contributed by atoms with E-state index in [0.717, 1.165) is 5.56 Å². The minimum atomic E-state index is -0.154. The van der Waals surface area contributed by atoms with E-state index in [9.17, 15) is 4.79 Å². The second-order valence-electron chi connectivity index (χ2n) is 3.34. The Morgan fingerprint density at radius 1 is 1.60 bits per heavy atom. The lowest BCUT2D eigenvalue weighted by atomic mass is 10.1. The number of nitrogens with two attached hydrogens (primary N) is 1. The Hall–Kier alpha value is -1.97. The van der Waals surface area contributed by atoms with Gasteiger partial charge in [-0.2, -0.15) is 0 Å². The summed E-state index contributed by atoms with van der Waals surface area (Å²) in [4.78, 5) is 11.2. The predicted octanol–water partition coefficient (Wildman–Crippen LogP) is 1.33. The fraction of sp³-hybridized carbons (Fsp3) is 0.182. The van der Waals surface area contributed by atoms with Gasteiger partial charge >= 0.3 is 0 Å². The number of nitrogen functional groups attached to an aromatic ring is 1. The van der Waals surface area contributed by atoms with Crippen LogP contribution in [0.4, 0.5) is 11.4 Å². The molecule has 1 aromatic rings. The number of fused-ring (bicyclic) bond motifs is 1. The summed E-state index contributed by atoms with van der Waals surface area (Å²) in [5, 5.41) is 2.76. The number of rotatable bonds is 2. The van der Waals surface area contributed by atoms with Crippen LogP contribution in [0, 0.1) is 0 Å². The van der Waals surface area contributed by atoms with Crippen LogP contribution in [0.3, 0.4) is 0 Å². The lowest BCUT2D eigenvalue weighted by Crippen LogP contribution is -2.26. The van der Waals surface area contributed by atoms with Crippen LogP contribution in [0.5, 0.6) is 5.75 Å². The molecule has 1 aromatic carbocycles. The zero-order chi connectivity index (χ0) is 10.8. The van der Waals surface area contributed by atoms with E-state index in [-0.39, 0.29) is 12.5 Å². The summed E-state index contributed by atoms with van der Waals surface area (Å²) in [5.41, 5.74) is 7.99. The first-order valence-corrected chi connectivity index (χ1v) is 4.67. The van der Waals surface area contributed by atoms with Gasteiger partial charge in [0.15, 0.2) is 6.61 Å². The summed E-state index contributed by atoms with van der Waals surface area (Å²) in [6.45, 7) is 3.72. The van der Waals surface area contributed by atoms with Crippen LogP contribution in [0.25, 0.3) is 0 Å². The maximum Gasteiger partial charge on any atom is 0.262 e. The van der Waals surface area contributed by atoms with Gasteiger partial charge in [-0.3, -0.25) is 4.79 Å². The highest BCUT2D eigenvalue weighted by molar-refractivity contribution is 5.97. The van der Waals surface area contributed by atoms with Gasteiger partial charge in [0, 0.05) is 11.3 Å². The van der Waals surface area contributed by atoms with Gasteiger partial charge in [0.25, 0.3) is 5.91 Å². The van der Waals surface area contributed by atoms with E-state index in [0.29, 0.717) is 23.5 Å². The van der Waals surface area contributed by atoms with Crippen molar-refractivity contribution in [1.29, 1.82) is 0 Å². The quantitative estimate of drug-likeness (QED) is 0.564. The maximum absolute atomic E-state index is 11.2. The van der Waals surface area contributed by atoms with Crippen molar-refractivity contribution in [3.63, 3.8) is 0 Å². The molecule has 0 aromatic heterocycles. The van der Waals surface area contributed by atoms with E-state index in [1.54, 1.807) is 18.2 Å². The molecular weight excluding hydrogens is 192 g/mol. The second-order valence-corrected chi connectivity index (χ2v) is 3.34. The number of carbonyl (C=O) groups excluding carboxylic acids is 1. The fourth-order valence-electron chi connectivity index (χ4n) is 1.58. The molecule has 0 saturated heterocycles. The first kappa shape index (κ1) is 9.58. The second kappa shape index (κ2) is 3.65. The standard InChI is InChI=1S/C11H12N2O2/c1-2-3-7-8(12)4-5-9-11(7)13-10(14)6-15-9/h2,4-5H,1,3,6,12H2,(H,13,14). The van der Waals surface area contributed by atoms with Gasteiger partial charge in [-0.25, -0.2) is 0 Å². The minimum absolute atomic E-state index is 0.0600. The largest absolute Gasteiger partial charge is 0.482 e. The monoisotopic (exact) mass is 204 g/mol. The van der Waals surface area contributed by atoms with Gasteiger partial charge in [-0.05, 0) is 18.6 Å². The number of ether oxygens (including phenoxy) is 1. The SMILES string of the molecule is C=CCc1c(N)ccc2c1NC(=O)CO2. The van der Waals surface area contributed by atoms with E-state index in [4.69, 9.17) is 10.5 Å². The highest BCUT2D eigenvalue weighted by atomic mass is 16.5. The van der Waals surface area contributed by atoms with Crippen LogP contribution in [0.15, 0.2) is 24.8 Å². The van der Waals surface area contributed by atoms with Crippen molar-refractivity contribution in [3.05, 3.63) is 30.4 Å². The molecule has 1 amide bonds. The highest BCUT2D eigenvalue weighted by Crippen LogP contribution is 2.35. The molecule has 2 rings (SSSR count). The van der Waals surface area contributed by atoms with Crippen molar-refractivity contribution in [2.75, 3.05) is 17.7 Å². The van der Waals surface area contributed by atoms with Crippen molar-refractivity contribution in [3.8, 4) is 5.75 Å². The Morgan fingerprint density at radius 3 is 3.13 bits per heavy atom. The van der Waals surface area contributed by atoms with E-state index in [1.807, 2.05) is 0 Å². The van der Waals surface area contributed by atoms with E-state index in [2.05, 4.69) is 11.9 Å². The Bertz CT molecular complexity index is 427. The van der Waals surface area contributed by atoms with Gasteiger partial charge in [0.2, 0.25) is 0 Å². The average molecular weight is 204 g/mol. The third-order valence-electron chi connectivity index (χ3n) is 2.28. The molecule has 4 heteroatoms. The molecule has 0 fully saturated rings. The van der Waals surface area contributed by atoms with E-state index >= 15 is 0 Å². The summed E-state index contributed by atoms with van der Waals surface area (Å²) >= 11 is 0. The molecule has 1 aliphatic heterocycles. The molecule has 0 spiro atoms. The molecule has 3 N–H and O–H groups in total. The van der Waals surface area contributed by atoms with Crippen LogP contribution in [-0.4, -0.2) is 12.5 Å². The van der Waals surface area contributed by atoms with Crippen LogP contribution in [0.1, 0.15) is 5.56 Å².